The van der Waals surface area contributed by atoms with E-state index in [0.717, 1.165) is 49.0 Å². The molecule has 31 heavy (non-hydrogen) atoms. The van der Waals surface area contributed by atoms with Gasteiger partial charge in [0, 0.05) is 41.8 Å². The Morgan fingerprint density at radius 1 is 1.16 bits per heavy atom. The number of ketones is 1. The first-order chi connectivity index (χ1) is 15.0. The Morgan fingerprint density at radius 3 is 2.61 bits per heavy atom. The number of hydrogen-bond donors (Lipinski definition) is 3. The lowest BCUT2D eigenvalue weighted by molar-refractivity contribution is 0.0988. The number of nitrogens with one attached hydrogen (secondary N) is 1. The van der Waals surface area contributed by atoms with E-state index in [1.807, 2.05) is 30.5 Å². The fourth-order valence-electron chi connectivity index (χ4n) is 3.84. The maximum absolute atomic E-state index is 12.4. The first-order valence-electron chi connectivity index (χ1n) is 10.4. The molecule has 1 fully saturated rings. The molecule has 1 aliphatic carbocycles. The van der Waals surface area contributed by atoms with Gasteiger partial charge in [0.15, 0.2) is 5.78 Å². The lowest BCUT2D eigenvalue weighted by Gasteiger charge is -2.26. The summed E-state index contributed by atoms with van der Waals surface area (Å²) >= 11 is 6.32. The Morgan fingerprint density at radius 2 is 1.94 bits per heavy atom. The number of hydrogen-bond acceptors (Lipinski definition) is 7. The molecule has 4 rings (SSSR count). The molecule has 1 aliphatic rings. The van der Waals surface area contributed by atoms with Gasteiger partial charge in [0.25, 0.3) is 6.01 Å². The topological polar surface area (TPSA) is 120 Å². The van der Waals surface area contributed by atoms with Crippen molar-refractivity contribution in [1.82, 2.24) is 15.3 Å². The van der Waals surface area contributed by atoms with Crippen molar-refractivity contribution in [1.29, 1.82) is 0 Å². The molecule has 0 bridgehead atoms. The second kappa shape index (κ2) is 9.60. The Kier molecular flexibility index (Phi) is 6.65. The van der Waals surface area contributed by atoms with E-state index in [1.54, 1.807) is 6.07 Å². The third-order valence-electron chi connectivity index (χ3n) is 5.71. The summed E-state index contributed by atoms with van der Waals surface area (Å²) in [6.45, 7) is 0.737. The number of nitrogens with two attached hydrogens (primary N) is 2. The summed E-state index contributed by atoms with van der Waals surface area (Å²) in [4.78, 5) is 20.9. The van der Waals surface area contributed by atoms with E-state index in [4.69, 9.17) is 27.5 Å². The van der Waals surface area contributed by atoms with Crippen LogP contribution in [0.1, 0.15) is 47.4 Å². The highest BCUT2D eigenvalue weighted by molar-refractivity contribution is 6.31. The van der Waals surface area contributed by atoms with Crippen molar-refractivity contribution < 1.29 is 9.21 Å². The third kappa shape index (κ3) is 5.50. The number of rotatable bonds is 7. The zero-order valence-corrected chi connectivity index (χ0v) is 17.9. The predicted molar refractivity (Wildman–Crippen MR) is 121 cm³/mol. The number of pyridine rings is 1. The number of halogens is 1. The van der Waals surface area contributed by atoms with E-state index in [-0.39, 0.29) is 23.9 Å². The van der Waals surface area contributed by atoms with Crippen LogP contribution in [0.15, 0.2) is 47.2 Å². The van der Waals surface area contributed by atoms with Gasteiger partial charge in [0.05, 0.1) is 5.69 Å². The van der Waals surface area contributed by atoms with Gasteiger partial charge in [-0.05, 0) is 55.0 Å². The Balaban J connectivity index is 1.41. The van der Waals surface area contributed by atoms with Gasteiger partial charge in [-0.25, -0.2) is 0 Å². The first kappa shape index (κ1) is 21.5. The van der Waals surface area contributed by atoms with Crippen LogP contribution in [0.5, 0.6) is 0 Å². The highest BCUT2D eigenvalue weighted by Gasteiger charge is 2.18. The van der Waals surface area contributed by atoms with E-state index in [0.29, 0.717) is 22.7 Å². The van der Waals surface area contributed by atoms with Crippen molar-refractivity contribution in [3.05, 3.63) is 64.8 Å². The van der Waals surface area contributed by atoms with E-state index in [9.17, 15) is 4.79 Å². The van der Waals surface area contributed by atoms with E-state index in [2.05, 4.69) is 15.3 Å². The maximum Gasteiger partial charge on any atom is 0.292 e. The van der Waals surface area contributed by atoms with Crippen molar-refractivity contribution >= 4 is 23.4 Å². The van der Waals surface area contributed by atoms with Crippen LogP contribution >= 0.6 is 11.6 Å². The van der Waals surface area contributed by atoms with Crippen LogP contribution in [0, 0.1) is 0 Å². The van der Waals surface area contributed by atoms with Crippen LogP contribution in [0.3, 0.4) is 0 Å². The summed E-state index contributed by atoms with van der Waals surface area (Å²) in [5, 5.41) is 4.10. The SMILES string of the molecule is Nc1nc(C(=O)Cc2cc(-c3ccc(CNC4CCC(N)CC4)nc3)ccc2Cl)co1. The van der Waals surface area contributed by atoms with Crippen molar-refractivity contribution in [2.45, 2.75) is 50.7 Å². The van der Waals surface area contributed by atoms with Gasteiger partial charge in [-0.1, -0.05) is 23.7 Å². The number of nitrogens with zero attached hydrogens (tertiary/aromatic N) is 2. The van der Waals surface area contributed by atoms with Gasteiger partial charge < -0.3 is 21.2 Å². The van der Waals surface area contributed by atoms with Gasteiger partial charge in [-0.2, -0.15) is 4.98 Å². The molecule has 0 radical (unpaired) electrons. The molecule has 0 saturated heterocycles. The molecular formula is C23H26ClN5O2. The second-order valence-electron chi connectivity index (χ2n) is 8.01. The number of carbonyl (C=O) groups is 1. The van der Waals surface area contributed by atoms with Crippen LogP contribution in [0.4, 0.5) is 6.01 Å². The van der Waals surface area contributed by atoms with Gasteiger partial charge in [0.1, 0.15) is 12.0 Å². The van der Waals surface area contributed by atoms with E-state index in [1.165, 1.54) is 6.26 Å². The number of aromatic nitrogens is 2. The summed E-state index contributed by atoms with van der Waals surface area (Å²) in [5.74, 6) is -0.206. The highest BCUT2D eigenvalue weighted by atomic mass is 35.5. The number of anilines is 1. The number of oxazole rings is 1. The van der Waals surface area contributed by atoms with Crippen LogP contribution in [0.2, 0.25) is 5.02 Å². The highest BCUT2D eigenvalue weighted by Crippen LogP contribution is 2.26. The predicted octanol–water partition coefficient (Wildman–Crippen LogP) is 3.76. The number of nitrogen functional groups attached to an aromatic ring is 1. The normalized spacial score (nSPS) is 18.8. The number of benzene rings is 1. The minimum absolute atomic E-state index is 0.0316. The molecule has 0 atom stereocenters. The number of Topliss-reactive ketones (excluding diaryl/α,β-unsaturated/α-hetero) is 1. The van der Waals surface area contributed by atoms with Crippen LogP contribution in [0.25, 0.3) is 11.1 Å². The molecule has 0 aliphatic heterocycles. The lowest BCUT2D eigenvalue weighted by Crippen LogP contribution is -2.37. The van der Waals surface area contributed by atoms with Gasteiger partial charge in [-0.3, -0.25) is 9.78 Å². The zero-order chi connectivity index (χ0) is 21.8. The van der Waals surface area contributed by atoms with Gasteiger partial charge >= 0.3 is 0 Å². The molecule has 1 saturated carbocycles. The van der Waals surface area contributed by atoms with Crippen LogP contribution in [-0.4, -0.2) is 27.8 Å². The molecule has 2 aromatic heterocycles. The quantitative estimate of drug-likeness (QED) is 0.479. The smallest absolute Gasteiger partial charge is 0.292 e. The molecule has 1 aromatic carbocycles. The van der Waals surface area contributed by atoms with E-state index < -0.39 is 0 Å². The molecule has 0 amide bonds. The Labute approximate surface area is 186 Å². The second-order valence-corrected chi connectivity index (χ2v) is 8.42. The molecule has 8 heteroatoms. The molecule has 0 spiro atoms. The molecule has 0 unspecified atom stereocenters. The van der Waals surface area contributed by atoms with Crippen molar-refractivity contribution in [3.8, 4) is 11.1 Å². The summed E-state index contributed by atoms with van der Waals surface area (Å²) in [7, 11) is 0. The lowest BCUT2D eigenvalue weighted by atomic mass is 9.92. The molecule has 162 valence electrons. The van der Waals surface area contributed by atoms with Crippen molar-refractivity contribution in [2.75, 3.05) is 5.73 Å². The third-order valence-corrected chi connectivity index (χ3v) is 6.07. The number of carbonyl (C=O) groups excluding carboxylic acids is 1. The molecule has 7 nitrogen and oxygen atoms in total. The zero-order valence-electron chi connectivity index (χ0n) is 17.2. The summed E-state index contributed by atoms with van der Waals surface area (Å²) in [6.07, 6.45) is 7.61. The molecule has 2 heterocycles. The summed E-state index contributed by atoms with van der Waals surface area (Å²) < 4.78 is 4.91. The average molecular weight is 440 g/mol. The minimum atomic E-state index is -0.206. The largest absolute Gasteiger partial charge is 0.432 e. The van der Waals surface area contributed by atoms with Crippen LogP contribution < -0.4 is 16.8 Å². The van der Waals surface area contributed by atoms with Crippen LogP contribution in [-0.2, 0) is 13.0 Å². The minimum Gasteiger partial charge on any atom is -0.432 e. The van der Waals surface area contributed by atoms with Crippen molar-refractivity contribution in [3.63, 3.8) is 0 Å². The van der Waals surface area contributed by atoms with E-state index >= 15 is 0 Å². The maximum atomic E-state index is 12.4. The van der Waals surface area contributed by atoms with Gasteiger partial charge in [-0.15, -0.1) is 0 Å². The summed E-state index contributed by atoms with van der Waals surface area (Å²) in [6, 6.07) is 10.5. The molecular weight excluding hydrogens is 414 g/mol. The summed E-state index contributed by atoms with van der Waals surface area (Å²) in [5.41, 5.74) is 15.2. The standard InChI is InChI=1S/C23H26ClN5O2/c24-20-8-2-14(9-16(20)10-22(30)21-13-31-23(26)29-21)15-1-5-19(27-11-15)12-28-18-6-3-17(25)4-7-18/h1-2,5,8-9,11,13,17-18,28H,3-4,6-7,10,12,25H2,(H2,26,29). The fourth-order valence-corrected chi connectivity index (χ4v) is 4.03. The van der Waals surface area contributed by atoms with Crippen molar-refractivity contribution in [2.24, 2.45) is 5.73 Å². The fraction of sp³-hybridized carbons (Fsp3) is 0.348. The Bertz CT molecular complexity index is 1040. The molecule has 3 aromatic rings. The monoisotopic (exact) mass is 439 g/mol. The van der Waals surface area contributed by atoms with Gasteiger partial charge in [0.2, 0.25) is 0 Å². The first-order valence-corrected chi connectivity index (χ1v) is 10.8. The molecule has 5 N–H and O–H groups in total. The Hall–Kier alpha value is -2.74. The average Bonchev–Trinajstić information content (AvgIpc) is 3.22.